The standard InChI is InChI=1S/C24H51NO/c1-9-22(2,3)15-11-10-12-18-25-19-13-16-23(4,5)21-24(6,7)17-14-20-26-8/h25H,9-21H2,1-8H3. The lowest BCUT2D eigenvalue weighted by molar-refractivity contribution is 0.138. The third-order valence-corrected chi connectivity index (χ3v) is 6.03. The van der Waals surface area contributed by atoms with Crippen molar-refractivity contribution in [1.29, 1.82) is 0 Å². The van der Waals surface area contributed by atoms with E-state index in [0.29, 0.717) is 16.2 Å². The van der Waals surface area contributed by atoms with Crippen LogP contribution >= 0.6 is 0 Å². The number of hydrogen-bond donors (Lipinski definition) is 1. The number of methoxy groups -OCH3 is 1. The summed E-state index contributed by atoms with van der Waals surface area (Å²) in [6.45, 7) is 20.1. The van der Waals surface area contributed by atoms with Crippen LogP contribution in [-0.4, -0.2) is 26.8 Å². The molecule has 0 fully saturated rings. The lowest BCUT2D eigenvalue weighted by atomic mass is 9.71. The van der Waals surface area contributed by atoms with Crippen molar-refractivity contribution in [3.8, 4) is 0 Å². The summed E-state index contributed by atoms with van der Waals surface area (Å²) < 4.78 is 5.21. The Labute approximate surface area is 166 Å². The Kier molecular flexibility index (Phi) is 13.1. The molecule has 0 radical (unpaired) electrons. The van der Waals surface area contributed by atoms with Gasteiger partial charge in [0.15, 0.2) is 0 Å². The largest absolute Gasteiger partial charge is 0.385 e. The Bertz CT molecular complexity index is 333. The summed E-state index contributed by atoms with van der Waals surface area (Å²) in [6, 6.07) is 0. The summed E-state index contributed by atoms with van der Waals surface area (Å²) >= 11 is 0. The molecule has 2 nitrogen and oxygen atoms in total. The van der Waals surface area contributed by atoms with Crippen LogP contribution in [0.4, 0.5) is 0 Å². The van der Waals surface area contributed by atoms with Gasteiger partial charge in [0.2, 0.25) is 0 Å². The van der Waals surface area contributed by atoms with Crippen LogP contribution in [0.2, 0.25) is 0 Å². The highest BCUT2D eigenvalue weighted by atomic mass is 16.5. The maximum atomic E-state index is 5.21. The first-order valence-electron chi connectivity index (χ1n) is 11.2. The second kappa shape index (κ2) is 13.2. The molecule has 1 N–H and O–H groups in total. The molecule has 0 atom stereocenters. The maximum Gasteiger partial charge on any atom is 0.0462 e. The van der Waals surface area contributed by atoms with Gasteiger partial charge in [0, 0.05) is 13.7 Å². The number of unbranched alkanes of at least 4 members (excludes halogenated alkanes) is 2. The summed E-state index contributed by atoms with van der Waals surface area (Å²) in [5, 5.41) is 3.66. The average molecular weight is 370 g/mol. The number of nitrogens with one attached hydrogen (secondary N) is 1. The van der Waals surface area contributed by atoms with E-state index < -0.39 is 0 Å². The normalized spacial score (nSPS) is 13.4. The molecule has 0 spiro atoms. The van der Waals surface area contributed by atoms with Crippen LogP contribution in [0.25, 0.3) is 0 Å². The molecule has 0 aromatic rings. The van der Waals surface area contributed by atoms with Crippen molar-refractivity contribution in [2.45, 2.75) is 113 Å². The number of ether oxygens (including phenoxy) is 1. The van der Waals surface area contributed by atoms with Gasteiger partial charge in [0.05, 0.1) is 0 Å². The van der Waals surface area contributed by atoms with Crippen LogP contribution in [0.5, 0.6) is 0 Å². The molecule has 2 heteroatoms. The quantitative estimate of drug-likeness (QED) is 0.273. The lowest BCUT2D eigenvalue weighted by Gasteiger charge is -2.35. The smallest absolute Gasteiger partial charge is 0.0462 e. The molecule has 0 saturated carbocycles. The zero-order valence-corrected chi connectivity index (χ0v) is 19.6. The second-order valence-electron chi connectivity index (χ2n) is 10.8. The summed E-state index contributed by atoms with van der Waals surface area (Å²) in [5.74, 6) is 0. The molecule has 0 aromatic carbocycles. The van der Waals surface area contributed by atoms with Crippen molar-refractivity contribution in [2.24, 2.45) is 16.2 Å². The molecule has 158 valence electrons. The predicted molar refractivity (Wildman–Crippen MR) is 118 cm³/mol. The summed E-state index contributed by atoms with van der Waals surface area (Å²) in [5.41, 5.74) is 1.39. The van der Waals surface area contributed by atoms with Crippen LogP contribution in [0.3, 0.4) is 0 Å². The van der Waals surface area contributed by atoms with Crippen LogP contribution in [-0.2, 0) is 4.74 Å². The van der Waals surface area contributed by atoms with Crippen molar-refractivity contribution < 1.29 is 4.74 Å². The van der Waals surface area contributed by atoms with Crippen molar-refractivity contribution in [2.75, 3.05) is 26.8 Å². The first-order chi connectivity index (χ1) is 12.0. The van der Waals surface area contributed by atoms with Crippen LogP contribution in [0.15, 0.2) is 0 Å². The summed E-state index contributed by atoms with van der Waals surface area (Å²) in [7, 11) is 1.80. The van der Waals surface area contributed by atoms with Gasteiger partial charge >= 0.3 is 0 Å². The van der Waals surface area contributed by atoms with E-state index in [9.17, 15) is 0 Å². The van der Waals surface area contributed by atoms with E-state index in [1.807, 2.05) is 0 Å². The monoisotopic (exact) mass is 369 g/mol. The average Bonchev–Trinajstić information content (AvgIpc) is 2.52. The van der Waals surface area contributed by atoms with Crippen molar-refractivity contribution in [3.05, 3.63) is 0 Å². The molecule has 26 heavy (non-hydrogen) atoms. The van der Waals surface area contributed by atoms with Crippen molar-refractivity contribution in [1.82, 2.24) is 5.32 Å². The Morgan fingerprint density at radius 2 is 1.19 bits per heavy atom. The summed E-state index contributed by atoms with van der Waals surface area (Å²) in [6.07, 6.45) is 13.1. The molecule has 0 heterocycles. The van der Waals surface area contributed by atoms with Gasteiger partial charge < -0.3 is 10.1 Å². The zero-order chi connectivity index (χ0) is 20.1. The molecule has 0 aliphatic heterocycles. The van der Waals surface area contributed by atoms with Gasteiger partial charge in [0.25, 0.3) is 0 Å². The highest BCUT2D eigenvalue weighted by Crippen LogP contribution is 2.39. The van der Waals surface area contributed by atoms with Crippen molar-refractivity contribution in [3.63, 3.8) is 0 Å². The van der Waals surface area contributed by atoms with Crippen LogP contribution < -0.4 is 5.32 Å². The minimum atomic E-state index is 0.418. The Hall–Kier alpha value is -0.0800. The first-order valence-corrected chi connectivity index (χ1v) is 11.2. The van der Waals surface area contributed by atoms with Gasteiger partial charge in [-0.25, -0.2) is 0 Å². The molecule has 0 aliphatic rings. The Morgan fingerprint density at radius 1 is 0.654 bits per heavy atom. The van der Waals surface area contributed by atoms with Crippen LogP contribution in [0.1, 0.15) is 113 Å². The van der Waals surface area contributed by atoms with Crippen LogP contribution in [0, 0.1) is 16.2 Å². The molecular formula is C24H51NO. The highest BCUT2D eigenvalue weighted by molar-refractivity contribution is 4.79. The summed E-state index contributed by atoms with van der Waals surface area (Å²) in [4.78, 5) is 0. The fourth-order valence-corrected chi connectivity index (χ4v) is 4.19. The predicted octanol–water partition coefficient (Wildman–Crippen LogP) is 7.22. The SMILES string of the molecule is CCC(C)(C)CCCCCNCCCC(C)(C)CC(C)(C)CCCOC. The van der Waals surface area contributed by atoms with E-state index >= 15 is 0 Å². The molecule has 0 aliphatic carbocycles. The molecule has 0 rings (SSSR count). The molecule has 0 amide bonds. The molecule has 0 aromatic heterocycles. The zero-order valence-electron chi connectivity index (χ0n) is 19.6. The van der Waals surface area contributed by atoms with E-state index in [-0.39, 0.29) is 0 Å². The van der Waals surface area contributed by atoms with E-state index in [0.717, 1.165) is 6.61 Å². The molecule has 0 bridgehead atoms. The Balaban J connectivity index is 3.72. The van der Waals surface area contributed by atoms with Crippen molar-refractivity contribution >= 4 is 0 Å². The second-order valence-corrected chi connectivity index (χ2v) is 10.8. The van der Waals surface area contributed by atoms with Gasteiger partial charge in [0.1, 0.15) is 0 Å². The highest BCUT2D eigenvalue weighted by Gasteiger charge is 2.28. The Morgan fingerprint density at radius 3 is 1.77 bits per heavy atom. The van der Waals surface area contributed by atoms with Gasteiger partial charge in [-0.05, 0) is 74.3 Å². The molecular weight excluding hydrogens is 318 g/mol. The van der Waals surface area contributed by atoms with E-state index in [1.165, 1.54) is 77.3 Å². The molecule has 0 unspecified atom stereocenters. The minimum absolute atomic E-state index is 0.418. The van der Waals surface area contributed by atoms with Gasteiger partial charge in [-0.3, -0.25) is 0 Å². The van der Waals surface area contributed by atoms with Gasteiger partial charge in [-0.2, -0.15) is 0 Å². The fraction of sp³-hybridized carbons (Fsp3) is 1.00. The van der Waals surface area contributed by atoms with E-state index in [1.54, 1.807) is 7.11 Å². The number of rotatable bonds is 17. The topological polar surface area (TPSA) is 21.3 Å². The van der Waals surface area contributed by atoms with Gasteiger partial charge in [-0.1, -0.05) is 67.7 Å². The van der Waals surface area contributed by atoms with E-state index in [4.69, 9.17) is 4.74 Å². The number of hydrogen-bond acceptors (Lipinski definition) is 2. The first kappa shape index (κ1) is 25.9. The maximum absolute atomic E-state index is 5.21. The third-order valence-electron chi connectivity index (χ3n) is 6.03. The lowest BCUT2D eigenvalue weighted by Crippen LogP contribution is -2.25. The molecule has 0 saturated heterocycles. The minimum Gasteiger partial charge on any atom is -0.385 e. The van der Waals surface area contributed by atoms with Gasteiger partial charge in [-0.15, -0.1) is 0 Å². The fourth-order valence-electron chi connectivity index (χ4n) is 4.19. The third kappa shape index (κ3) is 15.0. The van der Waals surface area contributed by atoms with E-state index in [2.05, 4.69) is 53.8 Å².